The van der Waals surface area contributed by atoms with E-state index in [1.807, 2.05) is 48.7 Å². The third kappa shape index (κ3) is 5.29. The highest BCUT2D eigenvalue weighted by molar-refractivity contribution is 7.07. The van der Waals surface area contributed by atoms with Crippen molar-refractivity contribution in [1.82, 2.24) is 9.13 Å². The van der Waals surface area contributed by atoms with Crippen LogP contribution in [0.4, 0.5) is 0 Å². The van der Waals surface area contributed by atoms with Crippen molar-refractivity contribution >= 4 is 69.1 Å². The molecule has 0 fully saturated rings. The average Bonchev–Trinajstić information content (AvgIpc) is 3.50. The molecule has 43 heavy (non-hydrogen) atoms. The Labute approximate surface area is 265 Å². The Kier molecular flexibility index (Phi) is 7.96. The Balaban J connectivity index is 1.54. The summed E-state index contributed by atoms with van der Waals surface area (Å²) in [6.45, 7) is 2.28. The van der Waals surface area contributed by atoms with E-state index in [1.54, 1.807) is 31.2 Å². The molecule has 0 amide bonds. The van der Waals surface area contributed by atoms with E-state index in [0.717, 1.165) is 22.0 Å². The molecule has 7 nitrogen and oxygen atoms in total. The van der Waals surface area contributed by atoms with Crippen molar-refractivity contribution in [3.63, 3.8) is 0 Å². The van der Waals surface area contributed by atoms with E-state index in [2.05, 4.69) is 9.56 Å². The van der Waals surface area contributed by atoms with Crippen LogP contribution in [0.5, 0.6) is 5.75 Å². The van der Waals surface area contributed by atoms with Gasteiger partial charge in [-0.25, -0.2) is 9.79 Å². The van der Waals surface area contributed by atoms with Gasteiger partial charge in [0.05, 0.1) is 40.1 Å². The van der Waals surface area contributed by atoms with Crippen molar-refractivity contribution < 1.29 is 14.3 Å². The van der Waals surface area contributed by atoms with Crippen LogP contribution in [0.1, 0.15) is 29.7 Å². The van der Waals surface area contributed by atoms with Crippen LogP contribution >= 0.6 is 46.1 Å². The Hall–Kier alpha value is -3.82. The highest BCUT2D eigenvalue weighted by Crippen LogP contribution is 2.37. The molecule has 11 heteroatoms. The summed E-state index contributed by atoms with van der Waals surface area (Å²) in [5.41, 5.74) is 3.79. The van der Waals surface area contributed by atoms with Crippen molar-refractivity contribution in [3.8, 4) is 5.75 Å². The number of benzene rings is 3. The van der Waals surface area contributed by atoms with E-state index in [4.69, 9.17) is 44.3 Å². The Morgan fingerprint density at radius 2 is 1.84 bits per heavy atom. The number of esters is 1. The SMILES string of the molecule is COC(=O)C1=C(C)N=c2s/c(=C\c3cn(Cc4ccc(Cl)c(Cl)c4)c4ccccc34)c(=O)n2[C@H]1c1cc(Cl)ccc1OC. The molecular formula is C32H24Cl3N3O4S. The Bertz CT molecular complexity index is 2150. The molecule has 0 radical (unpaired) electrons. The maximum atomic E-state index is 14.2. The lowest BCUT2D eigenvalue weighted by molar-refractivity contribution is -0.136. The summed E-state index contributed by atoms with van der Waals surface area (Å²) in [5.74, 6) is -0.113. The third-order valence-electron chi connectivity index (χ3n) is 7.36. The standard InChI is InChI=1S/C32H24Cl3N3O4S/c1-17-28(31(40)42-3)29(22-14-20(33)9-11-26(22)41-2)38-30(39)27(43-32(38)36-17)13-19-16-37(25-7-5-4-6-21(19)25)15-18-8-10-23(34)24(35)12-18/h4-14,16,29H,15H2,1-3H3/b27-13-/t29-/m0/s1. The lowest BCUT2D eigenvalue weighted by Crippen LogP contribution is -2.40. The minimum absolute atomic E-state index is 0.236. The monoisotopic (exact) mass is 651 g/mol. The summed E-state index contributed by atoms with van der Waals surface area (Å²) in [5, 5.41) is 2.40. The number of ether oxygens (including phenoxy) is 2. The van der Waals surface area contributed by atoms with Gasteiger partial charge in [-0.2, -0.15) is 0 Å². The van der Waals surface area contributed by atoms with Crippen molar-refractivity contribution in [3.05, 3.63) is 130 Å². The normalized spacial score (nSPS) is 15.0. The van der Waals surface area contributed by atoms with Crippen LogP contribution in [0.15, 0.2) is 87.9 Å². The summed E-state index contributed by atoms with van der Waals surface area (Å²) in [6, 6.07) is 17.8. The van der Waals surface area contributed by atoms with Gasteiger partial charge in [-0.3, -0.25) is 9.36 Å². The molecule has 0 spiro atoms. The van der Waals surface area contributed by atoms with E-state index >= 15 is 0 Å². The Morgan fingerprint density at radius 1 is 1.05 bits per heavy atom. The first kappa shape index (κ1) is 29.3. The highest BCUT2D eigenvalue weighted by atomic mass is 35.5. The second-order valence-corrected chi connectivity index (χ2v) is 12.2. The molecule has 0 N–H and O–H groups in total. The Morgan fingerprint density at radius 3 is 2.58 bits per heavy atom. The van der Waals surface area contributed by atoms with Crippen LogP contribution in [-0.2, 0) is 16.1 Å². The number of carbonyl (C=O) groups excluding carboxylic acids is 1. The number of para-hydroxylation sites is 1. The number of methoxy groups -OCH3 is 2. The van der Waals surface area contributed by atoms with Gasteiger partial charge in [0, 0.05) is 39.8 Å². The van der Waals surface area contributed by atoms with Crippen molar-refractivity contribution in [2.45, 2.75) is 19.5 Å². The van der Waals surface area contributed by atoms with E-state index in [-0.39, 0.29) is 11.1 Å². The molecule has 1 aliphatic rings. The molecule has 3 heterocycles. The zero-order valence-electron chi connectivity index (χ0n) is 23.2. The maximum absolute atomic E-state index is 14.2. The predicted octanol–water partition coefficient (Wildman–Crippen LogP) is 6.38. The summed E-state index contributed by atoms with van der Waals surface area (Å²) < 4.78 is 14.8. The van der Waals surface area contributed by atoms with Crippen LogP contribution in [0.3, 0.4) is 0 Å². The van der Waals surface area contributed by atoms with Gasteiger partial charge >= 0.3 is 5.97 Å². The average molecular weight is 653 g/mol. The van der Waals surface area contributed by atoms with Crippen LogP contribution in [0, 0.1) is 0 Å². The van der Waals surface area contributed by atoms with Gasteiger partial charge in [-0.15, -0.1) is 0 Å². The molecule has 0 unspecified atom stereocenters. The van der Waals surface area contributed by atoms with Gasteiger partial charge in [0.1, 0.15) is 11.8 Å². The molecule has 218 valence electrons. The quantitative estimate of drug-likeness (QED) is 0.200. The zero-order valence-corrected chi connectivity index (χ0v) is 26.3. The topological polar surface area (TPSA) is 74.8 Å². The number of fused-ring (bicyclic) bond motifs is 2. The number of carbonyl (C=O) groups is 1. The fraction of sp³-hybridized carbons (Fsp3) is 0.156. The number of hydrogen-bond donors (Lipinski definition) is 0. The molecule has 5 aromatic rings. The van der Waals surface area contributed by atoms with Gasteiger partial charge in [0.25, 0.3) is 5.56 Å². The molecule has 3 aromatic carbocycles. The molecule has 1 atom stereocenters. The molecule has 1 aliphatic heterocycles. The first-order valence-corrected chi connectivity index (χ1v) is 15.1. The number of rotatable bonds is 6. The van der Waals surface area contributed by atoms with Crippen molar-refractivity contribution in [1.29, 1.82) is 0 Å². The number of hydrogen-bond acceptors (Lipinski definition) is 6. The minimum Gasteiger partial charge on any atom is -0.496 e. The number of thiazole rings is 1. The molecular weight excluding hydrogens is 629 g/mol. The second kappa shape index (κ2) is 11.7. The molecule has 0 bridgehead atoms. The predicted molar refractivity (Wildman–Crippen MR) is 171 cm³/mol. The summed E-state index contributed by atoms with van der Waals surface area (Å²) >= 11 is 20.0. The van der Waals surface area contributed by atoms with Gasteiger partial charge in [-0.1, -0.05) is 70.4 Å². The number of aromatic nitrogens is 2. The smallest absolute Gasteiger partial charge is 0.338 e. The van der Waals surface area contributed by atoms with Crippen LogP contribution < -0.4 is 19.6 Å². The van der Waals surface area contributed by atoms with Gasteiger partial charge < -0.3 is 14.0 Å². The third-order valence-corrected chi connectivity index (χ3v) is 9.31. The first-order chi connectivity index (χ1) is 20.7. The molecule has 0 saturated carbocycles. The van der Waals surface area contributed by atoms with Crippen LogP contribution in [0.25, 0.3) is 17.0 Å². The largest absolute Gasteiger partial charge is 0.496 e. The number of allylic oxidation sites excluding steroid dienone is 1. The molecule has 0 saturated heterocycles. The van der Waals surface area contributed by atoms with Crippen LogP contribution in [-0.4, -0.2) is 29.3 Å². The van der Waals surface area contributed by atoms with E-state index in [9.17, 15) is 9.59 Å². The number of nitrogens with zero attached hydrogens (tertiary/aromatic N) is 3. The highest BCUT2D eigenvalue weighted by Gasteiger charge is 2.35. The van der Waals surface area contributed by atoms with Gasteiger partial charge in [0.15, 0.2) is 4.80 Å². The van der Waals surface area contributed by atoms with Crippen molar-refractivity contribution in [2.75, 3.05) is 14.2 Å². The second-order valence-electron chi connectivity index (χ2n) is 9.94. The fourth-order valence-corrected chi connectivity index (χ4v) is 6.94. The lowest BCUT2D eigenvalue weighted by Gasteiger charge is -2.25. The van der Waals surface area contributed by atoms with Crippen LogP contribution in [0.2, 0.25) is 15.1 Å². The molecule has 0 aliphatic carbocycles. The first-order valence-electron chi connectivity index (χ1n) is 13.2. The fourth-order valence-electron chi connectivity index (χ4n) is 5.40. The molecule has 2 aromatic heterocycles. The molecule has 6 rings (SSSR count). The zero-order chi connectivity index (χ0) is 30.4. The van der Waals surface area contributed by atoms with Crippen molar-refractivity contribution in [2.24, 2.45) is 4.99 Å². The number of halogens is 3. The van der Waals surface area contributed by atoms with Gasteiger partial charge in [0.2, 0.25) is 0 Å². The van der Waals surface area contributed by atoms with E-state index < -0.39 is 12.0 Å². The summed E-state index contributed by atoms with van der Waals surface area (Å²) in [6.07, 6.45) is 3.87. The minimum atomic E-state index is -0.851. The maximum Gasteiger partial charge on any atom is 0.338 e. The summed E-state index contributed by atoms with van der Waals surface area (Å²) in [4.78, 5) is 32.3. The van der Waals surface area contributed by atoms with Gasteiger partial charge in [-0.05, 0) is 55.0 Å². The van der Waals surface area contributed by atoms with E-state index in [1.165, 1.54) is 30.1 Å². The van der Waals surface area contributed by atoms with E-state index in [0.29, 0.717) is 48.0 Å². The summed E-state index contributed by atoms with van der Waals surface area (Å²) in [7, 11) is 2.83. The lowest BCUT2D eigenvalue weighted by atomic mass is 9.95.